The van der Waals surface area contributed by atoms with Gasteiger partial charge in [-0.15, -0.1) is 0 Å². The molecule has 0 atom stereocenters. The van der Waals surface area contributed by atoms with E-state index in [1.807, 2.05) is 4.57 Å². The maximum absolute atomic E-state index is 14.7. The van der Waals surface area contributed by atoms with Gasteiger partial charge in [-0.2, -0.15) is 4.98 Å². The largest absolute Gasteiger partial charge is 0.369 e. The summed E-state index contributed by atoms with van der Waals surface area (Å²) in [7, 11) is 0. The van der Waals surface area contributed by atoms with Crippen LogP contribution in [0, 0.1) is 11.7 Å². The first-order chi connectivity index (χ1) is 15.9. The topological polar surface area (TPSA) is 111 Å². The van der Waals surface area contributed by atoms with Crippen LogP contribution in [0.2, 0.25) is 10.0 Å². The number of rotatable bonds is 6. The molecule has 0 saturated heterocycles. The lowest BCUT2D eigenvalue weighted by Crippen LogP contribution is -2.29. The summed E-state index contributed by atoms with van der Waals surface area (Å²) in [6.45, 7) is 0. The molecule has 0 unspecified atom stereocenters. The Morgan fingerprint density at radius 2 is 1.88 bits per heavy atom. The molecule has 0 bridgehead atoms. The van der Waals surface area contributed by atoms with Gasteiger partial charge in [0.05, 0.1) is 16.9 Å². The summed E-state index contributed by atoms with van der Waals surface area (Å²) in [5, 5.41) is 6.77. The fraction of sp³-hybridized carbons (Fsp3) is 0.455. The monoisotopic (exact) mass is 491 g/mol. The zero-order chi connectivity index (χ0) is 23.1. The zero-order valence-corrected chi connectivity index (χ0v) is 19.3. The van der Waals surface area contributed by atoms with Gasteiger partial charge in [0.1, 0.15) is 11.3 Å². The SMILES string of the molecule is NC(=O)C1CCC(n2c(Nc3c(F)cc(Cl)cc3Cl)nc3cnc(NC4CCC4)nc32)CC1. The van der Waals surface area contributed by atoms with Gasteiger partial charge < -0.3 is 16.4 Å². The number of hydrogen-bond acceptors (Lipinski definition) is 6. The summed E-state index contributed by atoms with van der Waals surface area (Å²) in [4.78, 5) is 25.5. The molecule has 2 aliphatic carbocycles. The van der Waals surface area contributed by atoms with E-state index >= 15 is 0 Å². The number of primary amides is 1. The van der Waals surface area contributed by atoms with Gasteiger partial charge in [-0.05, 0) is 57.1 Å². The Morgan fingerprint density at radius 3 is 2.52 bits per heavy atom. The number of fused-ring (bicyclic) bond motifs is 1. The first-order valence-electron chi connectivity index (χ1n) is 11.1. The van der Waals surface area contributed by atoms with E-state index in [4.69, 9.17) is 33.9 Å². The summed E-state index contributed by atoms with van der Waals surface area (Å²) < 4.78 is 16.6. The third-order valence-electron chi connectivity index (χ3n) is 6.58. The van der Waals surface area contributed by atoms with Crippen molar-refractivity contribution in [2.45, 2.75) is 57.0 Å². The quantitative estimate of drug-likeness (QED) is 0.437. The Labute approximate surface area is 200 Å². The van der Waals surface area contributed by atoms with Crippen molar-refractivity contribution < 1.29 is 9.18 Å². The lowest BCUT2D eigenvalue weighted by Gasteiger charge is -2.29. The summed E-state index contributed by atoms with van der Waals surface area (Å²) in [5.41, 5.74) is 6.83. The van der Waals surface area contributed by atoms with Crippen molar-refractivity contribution in [3.63, 3.8) is 0 Å². The number of imidazole rings is 1. The average molecular weight is 492 g/mol. The van der Waals surface area contributed by atoms with Gasteiger partial charge in [0.25, 0.3) is 0 Å². The first kappa shape index (κ1) is 22.2. The lowest BCUT2D eigenvalue weighted by molar-refractivity contribution is -0.122. The van der Waals surface area contributed by atoms with Crippen LogP contribution in [0.4, 0.5) is 22.0 Å². The highest BCUT2D eigenvalue weighted by Crippen LogP contribution is 2.38. The number of carbonyl (C=O) groups excluding carboxylic acids is 1. The van der Waals surface area contributed by atoms with Crippen LogP contribution >= 0.6 is 23.2 Å². The Balaban J connectivity index is 1.54. The van der Waals surface area contributed by atoms with Crippen LogP contribution in [-0.4, -0.2) is 31.5 Å². The van der Waals surface area contributed by atoms with Crippen molar-refractivity contribution in [1.29, 1.82) is 0 Å². The van der Waals surface area contributed by atoms with Crippen molar-refractivity contribution in [2.24, 2.45) is 11.7 Å². The number of anilines is 3. The number of benzene rings is 1. The van der Waals surface area contributed by atoms with E-state index in [2.05, 4.69) is 20.6 Å². The van der Waals surface area contributed by atoms with Crippen LogP contribution in [0.15, 0.2) is 18.3 Å². The predicted octanol–water partition coefficient (Wildman–Crippen LogP) is 5.20. The average Bonchev–Trinajstić information content (AvgIpc) is 3.10. The molecule has 0 radical (unpaired) electrons. The van der Waals surface area contributed by atoms with Crippen LogP contribution < -0.4 is 16.4 Å². The number of carbonyl (C=O) groups is 1. The molecule has 0 spiro atoms. The van der Waals surface area contributed by atoms with Gasteiger partial charge >= 0.3 is 0 Å². The van der Waals surface area contributed by atoms with Crippen molar-refractivity contribution >= 4 is 57.9 Å². The van der Waals surface area contributed by atoms with Gasteiger partial charge in [0.2, 0.25) is 17.8 Å². The van der Waals surface area contributed by atoms with E-state index in [0.29, 0.717) is 41.9 Å². The molecule has 2 fully saturated rings. The molecule has 33 heavy (non-hydrogen) atoms. The van der Waals surface area contributed by atoms with Gasteiger partial charge in [0.15, 0.2) is 5.65 Å². The molecular weight excluding hydrogens is 468 g/mol. The molecule has 0 aliphatic heterocycles. The molecule has 2 aromatic heterocycles. The smallest absolute Gasteiger partial charge is 0.224 e. The standard InChI is InChI=1S/C22H24Cl2FN7O/c23-12-8-15(24)18(16(25)9-12)30-22-29-17-10-27-21(28-13-2-1-3-13)31-20(17)32(22)14-6-4-11(5-7-14)19(26)33/h8-11,13-14H,1-7H2,(H2,26,33)(H,29,30)(H,27,28,31). The van der Waals surface area contributed by atoms with Gasteiger partial charge in [-0.1, -0.05) is 23.2 Å². The molecule has 174 valence electrons. The predicted molar refractivity (Wildman–Crippen MR) is 126 cm³/mol. The van der Waals surface area contributed by atoms with E-state index in [1.165, 1.54) is 18.6 Å². The number of aromatic nitrogens is 4. The molecule has 8 nitrogen and oxygen atoms in total. The Hall–Kier alpha value is -2.65. The third-order valence-corrected chi connectivity index (χ3v) is 7.10. The molecule has 4 N–H and O–H groups in total. The second kappa shape index (κ2) is 8.95. The van der Waals surface area contributed by atoms with Gasteiger partial charge in [-0.25, -0.2) is 14.4 Å². The first-order valence-corrected chi connectivity index (χ1v) is 11.9. The molecule has 3 aromatic rings. The number of nitrogens with one attached hydrogen (secondary N) is 2. The highest BCUT2D eigenvalue weighted by Gasteiger charge is 2.30. The van der Waals surface area contributed by atoms with E-state index in [1.54, 1.807) is 6.20 Å². The van der Waals surface area contributed by atoms with E-state index in [0.717, 1.165) is 25.7 Å². The van der Waals surface area contributed by atoms with Crippen LogP contribution in [-0.2, 0) is 4.79 Å². The van der Waals surface area contributed by atoms with Crippen molar-refractivity contribution in [1.82, 2.24) is 19.5 Å². The highest BCUT2D eigenvalue weighted by atomic mass is 35.5. The number of halogens is 3. The number of nitrogens with two attached hydrogens (primary N) is 1. The number of hydrogen-bond donors (Lipinski definition) is 3. The summed E-state index contributed by atoms with van der Waals surface area (Å²) >= 11 is 12.2. The molecule has 5 rings (SSSR count). The lowest BCUT2D eigenvalue weighted by atomic mass is 9.85. The normalized spacial score (nSPS) is 21.1. The maximum Gasteiger partial charge on any atom is 0.224 e. The summed E-state index contributed by atoms with van der Waals surface area (Å²) in [6.07, 6.45) is 7.85. The summed E-state index contributed by atoms with van der Waals surface area (Å²) in [6, 6.07) is 3.06. The molecule has 2 saturated carbocycles. The number of nitrogens with zero attached hydrogens (tertiary/aromatic N) is 4. The van der Waals surface area contributed by atoms with Crippen molar-refractivity contribution in [3.05, 3.63) is 34.2 Å². The molecule has 1 amide bonds. The van der Waals surface area contributed by atoms with Crippen molar-refractivity contribution in [3.8, 4) is 0 Å². The van der Waals surface area contributed by atoms with Crippen molar-refractivity contribution in [2.75, 3.05) is 10.6 Å². The fourth-order valence-electron chi connectivity index (χ4n) is 4.52. The van der Waals surface area contributed by atoms with Crippen LogP contribution in [0.1, 0.15) is 51.0 Å². The van der Waals surface area contributed by atoms with Gasteiger partial charge in [-0.3, -0.25) is 9.36 Å². The molecule has 2 heterocycles. The molecule has 11 heteroatoms. The maximum atomic E-state index is 14.7. The van der Waals surface area contributed by atoms with E-state index in [-0.39, 0.29) is 33.6 Å². The molecule has 1 aromatic carbocycles. The Bertz CT molecular complexity index is 1180. The van der Waals surface area contributed by atoms with E-state index in [9.17, 15) is 9.18 Å². The second-order valence-corrected chi connectivity index (χ2v) is 9.60. The second-order valence-electron chi connectivity index (χ2n) is 8.76. The molecule has 2 aliphatic rings. The minimum Gasteiger partial charge on any atom is -0.369 e. The zero-order valence-electron chi connectivity index (χ0n) is 17.8. The minimum atomic E-state index is -0.582. The van der Waals surface area contributed by atoms with Crippen LogP contribution in [0.3, 0.4) is 0 Å². The van der Waals surface area contributed by atoms with Crippen LogP contribution in [0.25, 0.3) is 11.2 Å². The molecular formula is C22H24Cl2FN7O. The van der Waals surface area contributed by atoms with Gasteiger partial charge in [0, 0.05) is 23.0 Å². The number of amides is 1. The van der Waals surface area contributed by atoms with E-state index < -0.39 is 5.82 Å². The fourth-order valence-corrected chi connectivity index (χ4v) is 5.04. The minimum absolute atomic E-state index is 0.00805. The third kappa shape index (κ3) is 4.44. The highest BCUT2D eigenvalue weighted by molar-refractivity contribution is 6.36. The van der Waals surface area contributed by atoms with Crippen LogP contribution in [0.5, 0.6) is 0 Å². The Kier molecular flexibility index (Phi) is 6.01. The Morgan fingerprint density at radius 1 is 1.12 bits per heavy atom. The summed E-state index contributed by atoms with van der Waals surface area (Å²) in [5.74, 6) is -0.0400.